The van der Waals surface area contributed by atoms with E-state index in [-0.39, 0.29) is 13.0 Å². The summed E-state index contributed by atoms with van der Waals surface area (Å²) in [7, 11) is 0. The molecule has 0 amide bonds. The molecule has 0 atom stereocenters. The molecule has 1 aliphatic heterocycles. The number of hydrogen-bond donors (Lipinski definition) is 0. The second-order valence-electron chi connectivity index (χ2n) is 5.16. The first-order chi connectivity index (χ1) is 11.0. The highest BCUT2D eigenvalue weighted by Crippen LogP contribution is 2.42. The van der Waals surface area contributed by atoms with Crippen LogP contribution in [-0.2, 0) is 12.8 Å². The number of para-hydroxylation sites is 1. The standard InChI is InChI=1S/C17H13F3N2O/c18-17(19,20)13-6-7-16-15(10-13)22(9-3-8-21)14-5-2-1-4-12(14)11-23-16/h1-2,4-7,10H,3,9,11H2. The van der Waals surface area contributed by atoms with Crippen LogP contribution in [0.1, 0.15) is 17.5 Å². The van der Waals surface area contributed by atoms with Crippen LogP contribution < -0.4 is 9.64 Å². The van der Waals surface area contributed by atoms with Gasteiger partial charge in [-0.05, 0) is 24.3 Å². The van der Waals surface area contributed by atoms with Crippen LogP contribution >= 0.6 is 0 Å². The third-order valence-corrected chi connectivity index (χ3v) is 3.69. The lowest BCUT2D eigenvalue weighted by atomic mass is 10.1. The molecule has 0 radical (unpaired) electrons. The van der Waals surface area contributed by atoms with Crippen molar-refractivity contribution in [1.82, 2.24) is 0 Å². The fourth-order valence-electron chi connectivity index (χ4n) is 2.61. The molecule has 3 rings (SSSR count). The molecule has 0 unspecified atom stereocenters. The van der Waals surface area contributed by atoms with Crippen LogP contribution in [0.25, 0.3) is 0 Å². The molecule has 0 saturated heterocycles. The van der Waals surface area contributed by atoms with Gasteiger partial charge in [-0.1, -0.05) is 18.2 Å². The van der Waals surface area contributed by atoms with Gasteiger partial charge in [-0.15, -0.1) is 0 Å². The zero-order chi connectivity index (χ0) is 16.4. The largest absolute Gasteiger partial charge is 0.487 e. The number of rotatable bonds is 2. The third kappa shape index (κ3) is 2.95. The molecule has 0 N–H and O–H groups in total. The van der Waals surface area contributed by atoms with Crippen LogP contribution in [0.5, 0.6) is 5.75 Å². The Balaban J connectivity index is 2.14. The lowest BCUT2D eigenvalue weighted by Crippen LogP contribution is -2.19. The van der Waals surface area contributed by atoms with E-state index in [1.807, 2.05) is 30.3 Å². The summed E-state index contributed by atoms with van der Waals surface area (Å²) in [4.78, 5) is 1.72. The summed E-state index contributed by atoms with van der Waals surface area (Å²) in [5, 5.41) is 8.86. The normalized spacial score (nSPS) is 13.4. The van der Waals surface area contributed by atoms with Gasteiger partial charge in [0.05, 0.1) is 23.7 Å². The molecular formula is C17H13F3N2O. The summed E-state index contributed by atoms with van der Waals surface area (Å²) in [5.74, 6) is 0.382. The molecule has 0 fully saturated rings. The topological polar surface area (TPSA) is 36.3 Å². The van der Waals surface area contributed by atoms with Crippen molar-refractivity contribution in [1.29, 1.82) is 5.26 Å². The Kier molecular flexibility index (Phi) is 3.87. The lowest BCUT2D eigenvalue weighted by Gasteiger charge is -2.25. The number of hydrogen-bond acceptors (Lipinski definition) is 3. The van der Waals surface area contributed by atoms with Gasteiger partial charge in [0, 0.05) is 17.8 Å². The van der Waals surface area contributed by atoms with E-state index in [4.69, 9.17) is 10.00 Å². The van der Waals surface area contributed by atoms with Crippen molar-refractivity contribution in [3.63, 3.8) is 0 Å². The molecule has 0 aromatic heterocycles. The number of fused-ring (bicyclic) bond motifs is 2. The Labute approximate surface area is 131 Å². The van der Waals surface area contributed by atoms with E-state index in [9.17, 15) is 13.2 Å². The molecule has 0 spiro atoms. The SMILES string of the molecule is N#CCCN1c2ccccc2COc2ccc(C(F)(F)F)cc21. The summed E-state index contributed by atoms with van der Waals surface area (Å²) in [6.45, 7) is 0.572. The summed E-state index contributed by atoms with van der Waals surface area (Å²) in [6.07, 6.45) is -4.23. The van der Waals surface area contributed by atoms with Gasteiger partial charge in [0.1, 0.15) is 12.4 Å². The minimum absolute atomic E-state index is 0.198. The van der Waals surface area contributed by atoms with Crippen LogP contribution in [0.15, 0.2) is 42.5 Å². The quantitative estimate of drug-likeness (QED) is 0.808. The minimum atomic E-state index is -4.43. The van der Waals surface area contributed by atoms with Gasteiger partial charge in [-0.25, -0.2) is 0 Å². The monoisotopic (exact) mass is 318 g/mol. The van der Waals surface area contributed by atoms with Crippen molar-refractivity contribution in [2.24, 2.45) is 0 Å². The second-order valence-corrected chi connectivity index (χ2v) is 5.16. The second kappa shape index (κ2) is 5.84. The minimum Gasteiger partial charge on any atom is -0.487 e. The first kappa shape index (κ1) is 15.2. The van der Waals surface area contributed by atoms with Gasteiger partial charge in [-0.2, -0.15) is 18.4 Å². The van der Waals surface area contributed by atoms with Crippen LogP contribution in [0, 0.1) is 11.3 Å². The highest BCUT2D eigenvalue weighted by molar-refractivity contribution is 5.73. The van der Waals surface area contributed by atoms with E-state index in [1.165, 1.54) is 6.07 Å². The van der Waals surface area contributed by atoms with Crippen LogP contribution in [0.4, 0.5) is 24.5 Å². The fraction of sp³-hybridized carbons (Fsp3) is 0.235. The number of nitrogens with zero attached hydrogens (tertiary/aromatic N) is 2. The van der Waals surface area contributed by atoms with Crippen LogP contribution in [0.2, 0.25) is 0 Å². The summed E-state index contributed by atoms with van der Waals surface area (Å²) in [5.41, 5.74) is 1.23. The van der Waals surface area contributed by atoms with Crippen molar-refractivity contribution >= 4 is 11.4 Å². The Hall–Kier alpha value is -2.68. The zero-order valence-corrected chi connectivity index (χ0v) is 12.1. The van der Waals surface area contributed by atoms with Crippen LogP contribution in [0.3, 0.4) is 0 Å². The Morgan fingerprint density at radius 3 is 2.65 bits per heavy atom. The average molecular weight is 318 g/mol. The predicted octanol–water partition coefficient (Wildman–Crippen LogP) is 4.65. The van der Waals surface area contributed by atoms with E-state index in [1.54, 1.807) is 4.90 Å². The van der Waals surface area contributed by atoms with E-state index in [0.717, 1.165) is 23.4 Å². The fourth-order valence-corrected chi connectivity index (χ4v) is 2.61. The van der Waals surface area contributed by atoms with E-state index >= 15 is 0 Å². The molecule has 2 aromatic carbocycles. The van der Waals surface area contributed by atoms with Gasteiger partial charge in [0.2, 0.25) is 0 Å². The third-order valence-electron chi connectivity index (χ3n) is 3.69. The van der Waals surface area contributed by atoms with Gasteiger partial charge >= 0.3 is 6.18 Å². The number of benzene rings is 2. The molecule has 3 nitrogen and oxygen atoms in total. The van der Waals surface area contributed by atoms with Crippen molar-refractivity contribution in [2.75, 3.05) is 11.4 Å². The zero-order valence-electron chi connectivity index (χ0n) is 12.1. The van der Waals surface area contributed by atoms with Gasteiger partial charge in [0.15, 0.2) is 0 Å². The maximum Gasteiger partial charge on any atom is 0.416 e. The molecule has 6 heteroatoms. The van der Waals surface area contributed by atoms with Crippen molar-refractivity contribution in [3.8, 4) is 11.8 Å². The Morgan fingerprint density at radius 2 is 1.91 bits per heavy atom. The van der Waals surface area contributed by atoms with Gasteiger partial charge in [-0.3, -0.25) is 0 Å². The molecule has 2 aromatic rings. The van der Waals surface area contributed by atoms with E-state index < -0.39 is 11.7 Å². The average Bonchev–Trinajstić information content (AvgIpc) is 2.68. The Morgan fingerprint density at radius 1 is 1.13 bits per heavy atom. The van der Waals surface area contributed by atoms with Crippen molar-refractivity contribution < 1.29 is 17.9 Å². The van der Waals surface area contributed by atoms with Crippen molar-refractivity contribution in [2.45, 2.75) is 19.2 Å². The molecule has 0 bridgehead atoms. The van der Waals surface area contributed by atoms with Gasteiger partial charge < -0.3 is 9.64 Å². The number of ether oxygens (including phenoxy) is 1. The number of halogens is 3. The maximum absolute atomic E-state index is 13.0. The smallest absolute Gasteiger partial charge is 0.416 e. The molecular weight excluding hydrogens is 305 g/mol. The summed E-state index contributed by atoms with van der Waals surface area (Å²) < 4.78 is 44.7. The summed E-state index contributed by atoms with van der Waals surface area (Å²) in [6, 6.07) is 12.8. The molecule has 1 heterocycles. The first-order valence-electron chi connectivity index (χ1n) is 7.07. The lowest BCUT2D eigenvalue weighted by molar-refractivity contribution is -0.137. The van der Waals surface area contributed by atoms with Crippen molar-refractivity contribution in [3.05, 3.63) is 53.6 Å². The number of nitriles is 1. The number of alkyl halides is 3. The molecule has 0 aliphatic carbocycles. The molecule has 1 aliphatic rings. The van der Waals surface area contributed by atoms with E-state index in [2.05, 4.69) is 0 Å². The predicted molar refractivity (Wildman–Crippen MR) is 79.5 cm³/mol. The highest BCUT2D eigenvalue weighted by atomic mass is 19.4. The van der Waals surface area contributed by atoms with Crippen LogP contribution in [-0.4, -0.2) is 6.54 Å². The highest BCUT2D eigenvalue weighted by Gasteiger charge is 2.32. The number of anilines is 2. The molecule has 0 saturated carbocycles. The van der Waals surface area contributed by atoms with Gasteiger partial charge in [0.25, 0.3) is 0 Å². The molecule has 118 valence electrons. The summed E-state index contributed by atoms with van der Waals surface area (Å²) >= 11 is 0. The van der Waals surface area contributed by atoms with E-state index in [0.29, 0.717) is 18.0 Å². The molecule has 23 heavy (non-hydrogen) atoms. The Bertz CT molecular complexity index is 765. The maximum atomic E-state index is 13.0. The first-order valence-corrected chi connectivity index (χ1v) is 7.07.